The zero-order valence-electron chi connectivity index (χ0n) is 15.2. The van der Waals surface area contributed by atoms with E-state index < -0.39 is 63.9 Å². The van der Waals surface area contributed by atoms with Crippen LogP contribution in [0.5, 0.6) is 11.5 Å². The summed E-state index contributed by atoms with van der Waals surface area (Å²) in [6.07, 6.45) is -9.67. The van der Waals surface area contributed by atoms with Crippen LogP contribution in [0.1, 0.15) is 5.56 Å². The van der Waals surface area contributed by atoms with Crippen LogP contribution in [-0.2, 0) is 6.11 Å². The average Bonchev–Trinajstić information content (AvgIpc) is 2.60. The topological polar surface area (TPSA) is 18.5 Å². The van der Waals surface area contributed by atoms with Gasteiger partial charge < -0.3 is 9.47 Å². The first kappa shape index (κ1) is 23.6. The van der Waals surface area contributed by atoms with Crippen molar-refractivity contribution in [2.75, 3.05) is 0 Å². The summed E-state index contributed by atoms with van der Waals surface area (Å²) in [7, 11) is 0. The maximum absolute atomic E-state index is 14.4. The summed E-state index contributed by atoms with van der Waals surface area (Å²) >= 11 is 5.47. The van der Waals surface area contributed by atoms with Crippen LogP contribution in [0.25, 0.3) is 11.1 Å². The Morgan fingerprint density at radius 3 is 1.50 bits per heavy atom. The van der Waals surface area contributed by atoms with Gasteiger partial charge in [0.15, 0.2) is 0 Å². The Labute approximate surface area is 178 Å². The fourth-order valence-corrected chi connectivity index (χ4v) is 2.91. The third kappa shape index (κ3) is 5.21. The van der Waals surface area contributed by atoms with E-state index in [1.807, 2.05) is 0 Å². The highest BCUT2D eigenvalue weighted by molar-refractivity contribution is 6.30. The molecule has 170 valence electrons. The highest BCUT2D eigenvalue weighted by atomic mass is 35.5. The molecule has 0 aliphatic carbocycles. The van der Waals surface area contributed by atoms with Crippen LogP contribution >= 0.6 is 11.6 Å². The first-order valence-corrected chi connectivity index (χ1v) is 8.72. The summed E-state index contributed by atoms with van der Waals surface area (Å²) in [5.41, 5.74) is -3.50. The molecule has 0 atom stereocenters. The van der Waals surface area contributed by atoms with E-state index in [0.717, 1.165) is 0 Å². The van der Waals surface area contributed by atoms with Crippen LogP contribution in [0, 0.1) is 23.3 Å². The molecule has 2 nitrogen and oxygen atoms in total. The van der Waals surface area contributed by atoms with Gasteiger partial charge in [0, 0.05) is 5.02 Å². The van der Waals surface area contributed by atoms with E-state index in [2.05, 4.69) is 9.47 Å². The molecule has 0 aliphatic heterocycles. The summed E-state index contributed by atoms with van der Waals surface area (Å²) in [6.45, 7) is 0. The van der Waals surface area contributed by atoms with Gasteiger partial charge in [0.05, 0.1) is 5.56 Å². The third-order valence-corrected chi connectivity index (χ3v) is 4.15. The quantitative estimate of drug-likeness (QED) is 0.346. The van der Waals surface area contributed by atoms with Crippen molar-refractivity contribution in [2.24, 2.45) is 0 Å². The van der Waals surface area contributed by atoms with E-state index in [9.17, 15) is 39.5 Å². The Hall–Kier alpha value is -3.08. The molecule has 0 spiro atoms. The van der Waals surface area contributed by atoms with Crippen LogP contribution in [-0.4, -0.2) is 6.36 Å². The lowest BCUT2D eigenvalue weighted by Gasteiger charge is -2.20. The summed E-state index contributed by atoms with van der Waals surface area (Å²) < 4.78 is 130. The molecule has 0 aliphatic rings. The van der Waals surface area contributed by atoms with Gasteiger partial charge in [0.1, 0.15) is 40.3 Å². The molecule has 3 rings (SSSR count). The molecule has 0 N–H and O–H groups in total. The van der Waals surface area contributed by atoms with Crippen molar-refractivity contribution in [1.29, 1.82) is 0 Å². The Bertz CT molecular complexity index is 1100. The van der Waals surface area contributed by atoms with Crippen molar-refractivity contribution in [2.45, 2.75) is 12.5 Å². The Morgan fingerprint density at radius 2 is 1.06 bits per heavy atom. The van der Waals surface area contributed by atoms with Crippen LogP contribution in [0.15, 0.2) is 48.5 Å². The second kappa shape index (κ2) is 8.45. The lowest BCUT2D eigenvalue weighted by molar-refractivity contribution is -0.274. The highest BCUT2D eigenvalue weighted by Crippen LogP contribution is 2.38. The predicted molar refractivity (Wildman–Crippen MR) is 94.4 cm³/mol. The number of alkyl halides is 5. The Kier molecular flexibility index (Phi) is 6.23. The Balaban J connectivity index is 1.92. The second-order valence-electron chi connectivity index (χ2n) is 6.20. The summed E-state index contributed by atoms with van der Waals surface area (Å²) in [4.78, 5) is 0. The normalized spacial score (nSPS) is 12.1. The van der Waals surface area contributed by atoms with Crippen LogP contribution in [0.2, 0.25) is 5.02 Å². The molecule has 3 aromatic rings. The van der Waals surface area contributed by atoms with Gasteiger partial charge in [-0.1, -0.05) is 11.6 Å². The first-order chi connectivity index (χ1) is 14.8. The van der Waals surface area contributed by atoms with E-state index in [4.69, 9.17) is 11.6 Å². The number of hydrogen-bond donors (Lipinski definition) is 0. The zero-order valence-corrected chi connectivity index (χ0v) is 16.0. The third-order valence-electron chi connectivity index (χ3n) is 3.93. The molecule has 0 radical (unpaired) electrons. The van der Waals surface area contributed by atoms with E-state index >= 15 is 0 Å². The maximum atomic E-state index is 14.4. The van der Waals surface area contributed by atoms with Crippen LogP contribution < -0.4 is 9.47 Å². The van der Waals surface area contributed by atoms with E-state index in [1.54, 1.807) is 0 Å². The van der Waals surface area contributed by atoms with Crippen molar-refractivity contribution in [3.8, 4) is 22.6 Å². The lowest BCUT2D eigenvalue weighted by Crippen LogP contribution is -2.25. The summed E-state index contributed by atoms with van der Waals surface area (Å²) in [5.74, 6) is -7.85. The van der Waals surface area contributed by atoms with Gasteiger partial charge in [-0.2, -0.15) is 8.78 Å². The molecule has 0 fully saturated rings. The minimum absolute atomic E-state index is 0.269. The number of halogens is 10. The fraction of sp³-hybridized carbons (Fsp3) is 0.100. The number of hydrogen-bond acceptors (Lipinski definition) is 2. The molecule has 0 bridgehead atoms. The van der Waals surface area contributed by atoms with Gasteiger partial charge in [0.2, 0.25) is 0 Å². The standard InChI is InChI=1S/C20H8ClF9O2/c21-10-7-13(22)17(14(23)8-10)9-5-15(24)18(16(25)6-9)19(26,27)31-11-1-3-12(4-2-11)32-20(28,29)30/h1-8H. The molecule has 0 amide bonds. The zero-order chi connectivity index (χ0) is 23.8. The number of rotatable bonds is 5. The van der Waals surface area contributed by atoms with Crippen molar-refractivity contribution >= 4 is 11.6 Å². The Morgan fingerprint density at radius 1 is 0.625 bits per heavy atom. The number of benzene rings is 3. The first-order valence-electron chi connectivity index (χ1n) is 8.34. The van der Waals surface area contributed by atoms with Crippen molar-refractivity contribution in [1.82, 2.24) is 0 Å². The van der Waals surface area contributed by atoms with Gasteiger partial charge in [-0.25, -0.2) is 17.6 Å². The molecule has 32 heavy (non-hydrogen) atoms. The largest absolute Gasteiger partial charge is 0.573 e. The van der Waals surface area contributed by atoms with Gasteiger partial charge in [-0.05, 0) is 54.1 Å². The van der Waals surface area contributed by atoms with Crippen molar-refractivity contribution < 1.29 is 49.0 Å². The van der Waals surface area contributed by atoms with E-state index in [1.165, 1.54) is 0 Å². The molecule has 0 saturated heterocycles. The van der Waals surface area contributed by atoms with Crippen LogP contribution in [0.4, 0.5) is 39.5 Å². The average molecular weight is 487 g/mol. The molecule has 0 saturated carbocycles. The van der Waals surface area contributed by atoms with E-state index in [-0.39, 0.29) is 17.2 Å². The molecular weight excluding hydrogens is 479 g/mol. The minimum Gasteiger partial charge on any atom is -0.429 e. The van der Waals surface area contributed by atoms with Gasteiger partial charge in [-0.3, -0.25) is 0 Å². The molecule has 0 unspecified atom stereocenters. The molecular formula is C20H8ClF9O2. The minimum atomic E-state index is -5.02. The fourth-order valence-electron chi connectivity index (χ4n) is 2.72. The number of ether oxygens (including phenoxy) is 2. The monoisotopic (exact) mass is 486 g/mol. The van der Waals surface area contributed by atoms with E-state index in [0.29, 0.717) is 36.4 Å². The predicted octanol–water partition coefficient (Wildman–Crippen LogP) is 7.59. The van der Waals surface area contributed by atoms with Crippen molar-refractivity contribution in [3.63, 3.8) is 0 Å². The van der Waals surface area contributed by atoms with Gasteiger partial charge in [-0.15, -0.1) is 13.2 Å². The maximum Gasteiger partial charge on any atom is 0.573 e. The summed E-state index contributed by atoms with van der Waals surface area (Å²) in [6, 6.07) is 4.44. The highest BCUT2D eigenvalue weighted by Gasteiger charge is 2.41. The molecule has 0 heterocycles. The van der Waals surface area contributed by atoms with Crippen LogP contribution in [0.3, 0.4) is 0 Å². The lowest BCUT2D eigenvalue weighted by atomic mass is 10.0. The molecule has 0 aromatic heterocycles. The second-order valence-corrected chi connectivity index (χ2v) is 6.63. The molecule has 3 aromatic carbocycles. The van der Waals surface area contributed by atoms with Crippen molar-refractivity contribution in [3.05, 3.63) is 82.4 Å². The van der Waals surface area contributed by atoms with Gasteiger partial charge >= 0.3 is 12.5 Å². The van der Waals surface area contributed by atoms with Gasteiger partial charge in [0.25, 0.3) is 0 Å². The summed E-state index contributed by atoms with van der Waals surface area (Å²) in [5, 5.41) is -0.340. The molecule has 12 heteroatoms. The smallest absolute Gasteiger partial charge is 0.429 e. The SMILES string of the molecule is Fc1cc(Cl)cc(F)c1-c1cc(F)c(C(F)(F)Oc2ccc(OC(F)(F)F)cc2)c(F)c1.